The summed E-state index contributed by atoms with van der Waals surface area (Å²) in [6.07, 6.45) is -0.00876. The molecule has 2 aromatic rings. The van der Waals surface area contributed by atoms with Crippen LogP contribution in [0.25, 0.3) is 0 Å². The Kier molecular flexibility index (Phi) is 5.78. The van der Waals surface area contributed by atoms with E-state index >= 15 is 0 Å². The molecule has 0 bridgehead atoms. The molecule has 2 aromatic carbocycles. The zero-order valence-electron chi connectivity index (χ0n) is 13.1. The van der Waals surface area contributed by atoms with Gasteiger partial charge in [-0.3, -0.25) is 19.7 Å². The van der Waals surface area contributed by atoms with E-state index < -0.39 is 34.3 Å². The van der Waals surface area contributed by atoms with Gasteiger partial charge in [0.15, 0.2) is 0 Å². The highest BCUT2D eigenvalue weighted by Crippen LogP contribution is 2.19. The van der Waals surface area contributed by atoms with Gasteiger partial charge in [0.25, 0.3) is 0 Å². The first kappa shape index (κ1) is 18.1. The van der Waals surface area contributed by atoms with Crippen LogP contribution in [0.2, 0.25) is 0 Å². The quantitative estimate of drug-likeness (QED) is 0.584. The fraction of sp³-hybridized carbons (Fsp3) is 0.176. The predicted molar refractivity (Wildman–Crippen MR) is 88.0 cm³/mol. The Labute approximate surface area is 142 Å². The number of primary amides is 1. The molecule has 8 heteroatoms. The van der Waals surface area contributed by atoms with Crippen molar-refractivity contribution in [1.82, 2.24) is 5.32 Å². The first-order valence-corrected chi connectivity index (χ1v) is 7.42. The molecular weight excluding hydrogens is 329 g/mol. The highest BCUT2D eigenvalue weighted by atomic mass is 19.1. The van der Waals surface area contributed by atoms with Gasteiger partial charge in [0, 0.05) is 12.5 Å². The molecule has 0 heterocycles. The molecule has 7 nitrogen and oxygen atoms in total. The maximum absolute atomic E-state index is 13.4. The van der Waals surface area contributed by atoms with Crippen molar-refractivity contribution in [3.8, 4) is 0 Å². The first-order valence-electron chi connectivity index (χ1n) is 7.42. The number of hydrogen-bond acceptors (Lipinski definition) is 4. The molecule has 2 amide bonds. The van der Waals surface area contributed by atoms with Crippen LogP contribution in [0, 0.1) is 15.9 Å². The normalized spacial score (nSPS) is 11.6. The number of benzene rings is 2. The molecule has 0 radical (unpaired) electrons. The third-order valence-electron chi connectivity index (χ3n) is 3.53. The highest BCUT2D eigenvalue weighted by molar-refractivity contribution is 5.87. The van der Waals surface area contributed by atoms with Gasteiger partial charge in [0.05, 0.1) is 11.3 Å². The number of carbonyl (C=O) groups is 2. The molecule has 0 unspecified atom stereocenters. The zero-order chi connectivity index (χ0) is 18.4. The van der Waals surface area contributed by atoms with Crippen molar-refractivity contribution in [3.63, 3.8) is 0 Å². The van der Waals surface area contributed by atoms with Crippen LogP contribution in [0.1, 0.15) is 11.1 Å². The number of carbonyl (C=O) groups excluding carboxylic acids is 2. The van der Waals surface area contributed by atoms with Crippen molar-refractivity contribution in [2.45, 2.75) is 18.9 Å². The molecule has 0 fully saturated rings. The van der Waals surface area contributed by atoms with Crippen LogP contribution in [0.5, 0.6) is 0 Å². The Morgan fingerprint density at radius 2 is 1.84 bits per heavy atom. The first-order chi connectivity index (χ1) is 11.9. The van der Waals surface area contributed by atoms with Crippen molar-refractivity contribution >= 4 is 17.5 Å². The number of nitrogens with two attached hydrogens (primary N) is 1. The Hall–Kier alpha value is -3.29. The number of rotatable bonds is 7. The Balaban J connectivity index is 2.08. The molecule has 0 spiro atoms. The molecule has 0 aliphatic rings. The second-order valence-electron chi connectivity index (χ2n) is 5.43. The third kappa shape index (κ3) is 5.10. The minimum absolute atomic E-state index is 0.0637. The van der Waals surface area contributed by atoms with Crippen LogP contribution < -0.4 is 11.1 Å². The lowest BCUT2D eigenvalue weighted by Crippen LogP contribution is -2.46. The van der Waals surface area contributed by atoms with Gasteiger partial charge in [0.2, 0.25) is 17.6 Å². The lowest BCUT2D eigenvalue weighted by molar-refractivity contribution is -0.387. The summed E-state index contributed by atoms with van der Waals surface area (Å²) in [5, 5.41) is 13.3. The Bertz CT molecular complexity index is 796. The van der Waals surface area contributed by atoms with Crippen molar-refractivity contribution in [1.29, 1.82) is 0 Å². The summed E-state index contributed by atoms with van der Waals surface area (Å²) in [6, 6.07) is 11.1. The van der Waals surface area contributed by atoms with E-state index in [2.05, 4.69) is 5.32 Å². The molecular formula is C17H16FN3O4. The molecule has 0 aromatic heterocycles. The molecule has 1 atom stereocenters. The lowest BCUT2D eigenvalue weighted by Gasteiger charge is -2.15. The summed E-state index contributed by atoms with van der Waals surface area (Å²) >= 11 is 0. The molecule has 2 rings (SSSR count). The van der Waals surface area contributed by atoms with Crippen LogP contribution in [0.15, 0.2) is 48.5 Å². The summed E-state index contributed by atoms with van der Waals surface area (Å²) < 4.78 is 13.4. The van der Waals surface area contributed by atoms with Crippen molar-refractivity contribution < 1.29 is 18.9 Å². The fourth-order valence-electron chi connectivity index (χ4n) is 2.31. The van der Waals surface area contributed by atoms with E-state index in [1.807, 2.05) is 6.07 Å². The topological polar surface area (TPSA) is 115 Å². The summed E-state index contributed by atoms with van der Waals surface area (Å²) in [7, 11) is 0. The summed E-state index contributed by atoms with van der Waals surface area (Å²) in [5.41, 5.74) is 5.68. The molecule has 0 saturated carbocycles. The number of hydrogen-bond donors (Lipinski definition) is 2. The number of halogens is 1. The summed E-state index contributed by atoms with van der Waals surface area (Å²) in [6.45, 7) is 0. The molecule has 0 saturated heterocycles. The van der Waals surface area contributed by atoms with Crippen LogP contribution in [-0.2, 0) is 22.4 Å². The van der Waals surface area contributed by atoms with E-state index in [0.29, 0.717) is 5.56 Å². The minimum atomic E-state index is -1.05. The number of nitro benzene ring substituents is 1. The predicted octanol–water partition coefficient (Wildman–Crippen LogP) is 1.49. The molecule has 0 aliphatic heterocycles. The number of amides is 2. The van der Waals surface area contributed by atoms with Crippen molar-refractivity contribution in [2.75, 3.05) is 0 Å². The monoisotopic (exact) mass is 345 g/mol. The molecule has 25 heavy (non-hydrogen) atoms. The van der Waals surface area contributed by atoms with Gasteiger partial charge in [0.1, 0.15) is 6.04 Å². The third-order valence-corrected chi connectivity index (χ3v) is 3.53. The second-order valence-corrected chi connectivity index (χ2v) is 5.43. The number of nitrogens with one attached hydrogen (secondary N) is 1. The van der Waals surface area contributed by atoms with E-state index in [4.69, 9.17) is 5.73 Å². The fourth-order valence-corrected chi connectivity index (χ4v) is 2.31. The molecule has 0 aliphatic carbocycles. The van der Waals surface area contributed by atoms with Crippen LogP contribution in [0.3, 0.4) is 0 Å². The van der Waals surface area contributed by atoms with Crippen molar-refractivity contribution in [3.05, 3.63) is 75.6 Å². The lowest BCUT2D eigenvalue weighted by atomic mass is 10.0. The van der Waals surface area contributed by atoms with Gasteiger partial charge in [-0.1, -0.05) is 36.4 Å². The van der Waals surface area contributed by atoms with Gasteiger partial charge in [-0.25, -0.2) is 0 Å². The van der Waals surface area contributed by atoms with Gasteiger partial charge >= 0.3 is 5.69 Å². The van der Waals surface area contributed by atoms with E-state index in [-0.39, 0.29) is 12.8 Å². The average Bonchev–Trinajstić information content (AvgIpc) is 2.56. The minimum Gasteiger partial charge on any atom is -0.368 e. The summed E-state index contributed by atoms with van der Waals surface area (Å²) in [5.74, 6) is -2.17. The number of nitrogens with zero attached hydrogens (tertiary/aromatic N) is 1. The number of nitro groups is 1. The largest absolute Gasteiger partial charge is 0.368 e. The van der Waals surface area contributed by atoms with E-state index in [1.54, 1.807) is 24.3 Å². The molecule has 130 valence electrons. The average molecular weight is 345 g/mol. The van der Waals surface area contributed by atoms with E-state index in [9.17, 15) is 24.1 Å². The van der Waals surface area contributed by atoms with Crippen LogP contribution in [-0.4, -0.2) is 22.8 Å². The smallest absolute Gasteiger partial charge is 0.305 e. The van der Waals surface area contributed by atoms with Crippen LogP contribution >= 0.6 is 0 Å². The van der Waals surface area contributed by atoms with E-state index in [0.717, 1.165) is 17.7 Å². The van der Waals surface area contributed by atoms with Crippen molar-refractivity contribution in [2.24, 2.45) is 5.73 Å². The van der Waals surface area contributed by atoms with E-state index in [1.165, 1.54) is 6.07 Å². The standard InChI is InChI=1S/C17H16FN3O4/c18-13-7-6-12(9-15(13)21(24)25)8-14(17(19)23)20-16(22)10-11-4-2-1-3-5-11/h1-7,9,14H,8,10H2,(H2,19,23)(H,20,22)/t14-/m1/s1. The maximum Gasteiger partial charge on any atom is 0.305 e. The SMILES string of the molecule is NC(=O)[C@@H](Cc1ccc(F)c([N+](=O)[O-])c1)NC(=O)Cc1ccccc1. The maximum atomic E-state index is 13.4. The highest BCUT2D eigenvalue weighted by Gasteiger charge is 2.21. The summed E-state index contributed by atoms with van der Waals surface area (Å²) in [4.78, 5) is 33.6. The molecule has 3 N–H and O–H groups in total. The van der Waals surface area contributed by atoms with Gasteiger partial charge in [-0.2, -0.15) is 4.39 Å². The Morgan fingerprint density at radius 3 is 2.44 bits per heavy atom. The van der Waals surface area contributed by atoms with Crippen LogP contribution in [0.4, 0.5) is 10.1 Å². The van der Waals surface area contributed by atoms with Gasteiger partial charge in [-0.05, 0) is 17.2 Å². The van der Waals surface area contributed by atoms with Gasteiger partial charge < -0.3 is 11.1 Å². The Morgan fingerprint density at radius 1 is 1.16 bits per heavy atom. The zero-order valence-corrected chi connectivity index (χ0v) is 13.1. The second kappa shape index (κ2) is 8.00. The van der Waals surface area contributed by atoms with Gasteiger partial charge in [-0.15, -0.1) is 0 Å².